The zero-order valence-electron chi connectivity index (χ0n) is 12.8. The summed E-state index contributed by atoms with van der Waals surface area (Å²) in [5.74, 6) is 0.988. The number of hydrogen-bond acceptors (Lipinski definition) is 3. The normalized spacial score (nSPS) is 16.6. The maximum Gasteiger partial charge on any atom is 0.279 e. The van der Waals surface area contributed by atoms with E-state index in [4.69, 9.17) is 0 Å². The maximum absolute atomic E-state index is 12.0. The molecule has 0 radical (unpaired) electrons. The predicted octanol–water partition coefficient (Wildman–Crippen LogP) is 1.44. The summed E-state index contributed by atoms with van der Waals surface area (Å²) < 4.78 is 30.4. The van der Waals surface area contributed by atoms with Crippen LogP contribution in [0.25, 0.3) is 11.0 Å². The molecule has 0 aliphatic carbocycles. The molecule has 1 aliphatic rings. The van der Waals surface area contributed by atoms with E-state index in [0.717, 1.165) is 42.5 Å². The minimum Gasteiger partial charge on any atom is -0.331 e. The monoisotopic (exact) mass is 322 g/mol. The van der Waals surface area contributed by atoms with Crippen molar-refractivity contribution >= 4 is 21.2 Å². The quantitative estimate of drug-likeness (QED) is 0.818. The van der Waals surface area contributed by atoms with E-state index < -0.39 is 10.2 Å². The minimum atomic E-state index is -3.29. The van der Waals surface area contributed by atoms with Gasteiger partial charge in [0.15, 0.2) is 0 Å². The highest BCUT2D eigenvalue weighted by Gasteiger charge is 2.24. The lowest BCUT2D eigenvalue weighted by Crippen LogP contribution is -2.39. The molecule has 2 heterocycles. The van der Waals surface area contributed by atoms with E-state index >= 15 is 0 Å². The molecule has 1 aromatic carbocycles. The molecule has 0 amide bonds. The first-order chi connectivity index (χ1) is 10.6. The Balaban J connectivity index is 1.55. The molecule has 2 aromatic rings. The fourth-order valence-electron chi connectivity index (χ4n) is 2.89. The van der Waals surface area contributed by atoms with Crippen molar-refractivity contribution in [2.75, 3.05) is 19.6 Å². The van der Waals surface area contributed by atoms with Crippen molar-refractivity contribution in [2.45, 2.75) is 25.7 Å². The summed E-state index contributed by atoms with van der Waals surface area (Å²) in [7, 11) is -1.29. The van der Waals surface area contributed by atoms with Crippen LogP contribution in [0.2, 0.25) is 0 Å². The van der Waals surface area contributed by atoms with Gasteiger partial charge in [-0.3, -0.25) is 0 Å². The molecule has 1 saturated heterocycles. The van der Waals surface area contributed by atoms with Gasteiger partial charge in [0, 0.05) is 33.1 Å². The lowest BCUT2D eigenvalue weighted by Gasteiger charge is -2.15. The van der Waals surface area contributed by atoms with E-state index in [1.807, 2.05) is 31.3 Å². The number of para-hydroxylation sites is 2. The number of rotatable bonds is 6. The fourth-order valence-corrected chi connectivity index (χ4v) is 4.21. The Labute approximate surface area is 131 Å². The molecule has 1 fully saturated rings. The van der Waals surface area contributed by atoms with Crippen molar-refractivity contribution < 1.29 is 8.42 Å². The van der Waals surface area contributed by atoms with E-state index in [-0.39, 0.29) is 0 Å². The van der Waals surface area contributed by atoms with Gasteiger partial charge in [0.2, 0.25) is 0 Å². The first kappa shape index (κ1) is 15.5. The van der Waals surface area contributed by atoms with Crippen LogP contribution in [0.5, 0.6) is 0 Å². The van der Waals surface area contributed by atoms with Crippen molar-refractivity contribution in [3.63, 3.8) is 0 Å². The molecule has 0 spiro atoms. The molecule has 7 heteroatoms. The minimum absolute atomic E-state index is 0.446. The first-order valence-corrected chi connectivity index (χ1v) is 9.17. The summed E-state index contributed by atoms with van der Waals surface area (Å²) in [6.07, 6.45) is 3.42. The Morgan fingerprint density at radius 3 is 2.68 bits per heavy atom. The third-order valence-electron chi connectivity index (χ3n) is 4.15. The predicted molar refractivity (Wildman–Crippen MR) is 86.8 cm³/mol. The van der Waals surface area contributed by atoms with Gasteiger partial charge in [-0.2, -0.15) is 12.7 Å². The van der Waals surface area contributed by atoms with Gasteiger partial charge < -0.3 is 4.57 Å². The van der Waals surface area contributed by atoms with E-state index in [1.165, 1.54) is 4.31 Å². The largest absolute Gasteiger partial charge is 0.331 e. The first-order valence-electron chi connectivity index (χ1n) is 7.73. The maximum atomic E-state index is 12.0. The number of nitrogens with one attached hydrogen (secondary N) is 1. The van der Waals surface area contributed by atoms with Crippen LogP contribution in [0, 0.1) is 0 Å². The van der Waals surface area contributed by atoms with Gasteiger partial charge in [-0.15, -0.1) is 0 Å². The number of aromatic nitrogens is 2. The number of fused-ring (bicyclic) bond motifs is 1. The van der Waals surface area contributed by atoms with Crippen molar-refractivity contribution in [3.05, 3.63) is 30.1 Å². The van der Waals surface area contributed by atoms with Crippen molar-refractivity contribution in [1.29, 1.82) is 0 Å². The second kappa shape index (κ2) is 6.36. The topological polar surface area (TPSA) is 67.2 Å². The molecular formula is C15H22N4O2S. The van der Waals surface area contributed by atoms with Crippen LogP contribution in [0.15, 0.2) is 24.3 Å². The summed E-state index contributed by atoms with van der Waals surface area (Å²) in [6.45, 7) is 1.72. The zero-order chi connectivity index (χ0) is 15.6. The number of nitrogens with zero attached hydrogens (tertiary/aromatic N) is 3. The van der Waals surface area contributed by atoms with Gasteiger partial charge in [-0.05, 0) is 31.4 Å². The lowest BCUT2D eigenvalue weighted by molar-refractivity contribution is 0.464. The van der Waals surface area contributed by atoms with Crippen molar-refractivity contribution in [2.24, 2.45) is 7.05 Å². The van der Waals surface area contributed by atoms with Crippen LogP contribution in [0.1, 0.15) is 25.1 Å². The standard InChI is InChI=1S/C15H22N4O2S/c1-18-14-8-3-2-7-13(14)17-15(18)9-6-10-16-22(20,21)19-11-4-5-12-19/h2-3,7-8,16H,4-6,9-12H2,1H3. The Kier molecular flexibility index (Phi) is 4.46. The molecule has 0 bridgehead atoms. The van der Waals surface area contributed by atoms with Crippen LogP contribution in [-0.2, 0) is 23.7 Å². The lowest BCUT2D eigenvalue weighted by atomic mass is 10.3. The number of imidazole rings is 1. The van der Waals surface area contributed by atoms with Crippen molar-refractivity contribution in [3.8, 4) is 0 Å². The molecule has 0 saturated carbocycles. The number of benzene rings is 1. The smallest absolute Gasteiger partial charge is 0.279 e. The van der Waals surface area contributed by atoms with Crippen LogP contribution in [0.4, 0.5) is 0 Å². The average Bonchev–Trinajstić information content (AvgIpc) is 3.14. The van der Waals surface area contributed by atoms with Crippen LogP contribution >= 0.6 is 0 Å². The van der Waals surface area contributed by atoms with Crippen LogP contribution in [-0.4, -0.2) is 41.9 Å². The molecule has 1 N–H and O–H groups in total. The Bertz CT molecular complexity index is 748. The SMILES string of the molecule is Cn1c(CCCNS(=O)(=O)N2CCCC2)nc2ccccc21. The highest BCUT2D eigenvalue weighted by Crippen LogP contribution is 2.15. The van der Waals surface area contributed by atoms with Gasteiger partial charge in [0.05, 0.1) is 11.0 Å². The fraction of sp³-hybridized carbons (Fsp3) is 0.533. The molecule has 6 nitrogen and oxygen atoms in total. The van der Waals surface area contributed by atoms with E-state index in [1.54, 1.807) is 0 Å². The second-order valence-electron chi connectivity index (χ2n) is 5.68. The number of aryl methyl sites for hydroxylation is 2. The van der Waals surface area contributed by atoms with E-state index in [2.05, 4.69) is 14.3 Å². The Morgan fingerprint density at radius 1 is 1.23 bits per heavy atom. The highest BCUT2D eigenvalue weighted by molar-refractivity contribution is 7.87. The molecule has 0 atom stereocenters. The molecule has 1 aromatic heterocycles. The highest BCUT2D eigenvalue weighted by atomic mass is 32.2. The van der Waals surface area contributed by atoms with Gasteiger partial charge in [0.1, 0.15) is 5.82 Å². The van der Waals surface area contributed by atoms with Gasteiger partial charge in [0.25, 0.3) is 10.2 Å². The second-order valence-corrected chi connectivity index (χ2v) is 7.44. The van der Waals surface area contributed by atoms with Gasteiger partial charge in [-0.25, -0.2) is 9.71 Å². The molecule has 1 aliphatic heterocycles. The summed E-state index contributed by atoms with van der Waals surface area (Å²) in [4.78, 5) is 4.60. The third kappa shape index (κ3) is 3.16. The summed E-state index contributed by atoms with van der Waals surface area (Å²) in [5.41, 5.74) is 2.09. The summed E-state index contributed by atoms with van der Waals surface area (Å²) >= 11 is 0. The molecule has 3 rings (SSSR count). The van der Waals surface area contributed by atoms with Crippen LogP contribution < -0.4 is 4.72 Å². The Morgan fingerprint density at radius 2 is 1.95 bits per heavy atom. The molecule has 120 valence electrons. The third-order valence-corrected chi connectivity index (χ3v) is 5.76. The molecule has 0 unspecified atom stereocenters. The Hall–Kier alpha value is -1.44. The summed E-state index contributed by atoms with van der Waals surface area (Å²) in [6, 6.07) is 8.01. The zero-order valence-corrected chi connectivity index (χ0v) is 13.6. The van der Waals surface area contributed by atoms with Crippen molar-refractivity contribution in [1.82, 2.24) is 18.6 Å². The van der Waals surface area contributed by atoms with Gasteiger partial charge in [-0.1, -0.05) is 12.1 Å². The molecular weight excluding hydrogens is 300 g/mol. The van der Waals surface area contributed by atoms with Crippen LogP contribution in [0.3, 0.4) is 0 Å². The average molecular weight is 322 g/mol. The van der Waals surface area contributed by atoms with E-state index in [0.29, 0.717) is 19.6 Å². The summed E-state index contributed by atoms with van der Waals surface area (Å²) in [5, 5.41) is 0. The van der Waals surface area contributed by atoms with Gasteiger partial charge >= 0.3 is 0 Å². The molecule has 22 heavy (non-hydrogen) atoms. The van der Waals surface area contributed by atoms with E-state index in [9.17, 15) is 8.42 Å². The number of hydrogen-bond donors (Lipinski definition) is 1.